The molecule has 0 spiro atoms. The van der Waals surface area contributed by atoms with Gasteiger partial charge in [0, 0.05) is 37.4 Å². The fraction of sp³-hybridized carbons (Fsp3) is 0.385. The highest BCUT2D eigenvalue weighted by Crippen LogP contribution is 2.33. The standard InChI is InChI=1S/C39H46N6O6S/c1-26(2)23-33(43-39(48)51-3)38(47)45-18-4-5-35(45)36-40-24-34(42-36)30-12-8-28(9-13-30)29-10-14-31(15-11-29)37(46)41-32-16-6-27(7-17-32)25-44-19-21-52(49,50)22-20-44/h6-17,24,26,33,35H,4-5,18-23,25H2,1-3H3,(H,40,42)(H,41,46)(H,43,48)/t33-,35-/m0/s1. The summed E-state index contributed by atoms with van der Waals surface area (Å²) in [6, 6.07) is 22.3. The van der Waals surface area contributed by atoms with Gasteiger partial charge in [0.1, 0.15) is 11.9 Å². The summed E-state index contributed by atoms with van der Waals surface area (Å²) in [5.41, 5.74) is 6.06. The van der Waals surface area contributed by atoms with Crippen LogP contribution >= 0.6 is 0 Å². The highest BCUT2D eigenvalue weighted by molar-refractivity contribution is 7.91. The monoisotopic (exact) mass is 726 g/mol. The van der Waals surface area contributed by atoms with Crippen LogP contribution in [0.5, 0.6) is 0 Å². The minimum Gasteiger partial charge on any atom is -0.453 e. The predicted octanol–water partition coefficient (Wildman–Crippen LogP) is 5.66. The zero-order chi connectivity index (χ0) is 36.8. The van der Waals surface area contributed by atoms with Crippen LogP contribution in [0.3, 0.4) is 0 Å². The first-order valence-electron chi connectivity index (χ1n) is 17.7. The van der Waals surface area contributed by atoms with E-state index < -0.39 is 22.0 Å². The molecule has 2 aliphatic rings. The van der Waals surface area contributed by atoms with Crippen LogP contribution in [0.4, 0.5) is 10.5 Å². The number of alkyl carbamates (subject to hydrolysis) is 1. The average Bonchev–Trinajstić information content (AvgIpc) is 3.83. The van der Waals surface area contributed by atoms with Gasteiger partial charge >= 0.3 is 6.09 Å². The molecular formula is C39H46N6O6S. The van der Waals surface area contributed by atoms with E-state index in [2.05, 4.69) is 25.5 Å². The van der Waals surface area contributed by atoms with Crippen LogP contribution in [0, 0.1) is 5.92 Å². The van der Waals surface area contributed by atoms with E-state index in [0.717, 1.165) is 40.8 Å². The highest BCUT2D eigenvalue weighted by Gasteiger charge is 2.36. The number of anilines is 1. The minimum absolute atomic E-state index is 0.131. The molecule has 3 heterocycles. The van der Waals surface area contributed by atoms with Gasteiger partial charge in [0.25, 0.3) is 5.91 Å². The van der Waals surface area contributed by atoms with Crippen molar-refractivity contribution in [2.45, 2.75) is 51.7 Å². The third kappa shape index (κ3) is 9.07. The second-order valence-electron chi connectivity index (χ2n) is 13.9. The molecule has 52 heavy (non-hydrogen) atoms. The van der Waals surface area contributed by atoms with Crippen molar-refractivity contribution in [3.05, 3.63) is 95.9 Å². The van der Waals surface area contributed by atoms with Crippen LogP contribution in [0.2, 0.25) is 0 Å². The number of imidazole rings is 1. The highest BCUT2D eigenvalue weighted by atomic mass is 32.2. The van der Waals surface area contributed by atoms with Gasteiger partial charge < -0.3 is 25.3 Å². The molecular weight excluding hydrogens is 681 g/mol. The molecule has 3 amide bonds. The van der Waals surface area contributed by atoms with Crippen LogP contribution in [0.1, 0.15) is 60.9 Å². The lowest BCUT2D eigenvalue weighted by atomic mass is 10.0. The fourth-order valence-corrected chi connectivity index (χ4v) is 8.06. The number of nitrogens with zero attached hydrogens (tertiary/aromatic N) is 3. The fourth-order valence-electron chi connectivity index (χ4n) is 6.78. The van der Waals surface area contributed by atoms with Crippen molar-refractivity contribution in [1.29, 1.82) is 0 Å². The molecule has 0 saturated carbocycles. The normalized spacial score (nSPS) is 17.8. The van der Waals surface area contributed by atoms with Crippen LogP contribution in [0.15, 0.2) is 79.0 Å². The van der Waals surface area contributed by atoms with Gasteiger partial charge in [-0.2, -0.15) is 0 Å². The largest absolute Gasteiger partial charge is 0.453 e. The number of likely N-dealkylation sites (tertiary alicyclic amines) is 1. The summed E-state index contributed by atoms with van der Waals surface area (Å²) in [6.45, 7) is 6.37. The number of methoxy groups -OCH3 is 1. The Bertz CT molecular complexity index is 1960. The van der Waals surface area contributed by atoms with Crippen molar-refractivity contribution in [3.8, 4) is 22.4 Å². The number of H-pyrrole nitrogens is 1. The van der Waals surface area contributed by atoms with Gasteiger partial charge in [-0.15, -0.1) is 0 Å². The third-order valence-corrected chi connectivity index (χ3v) is 11.3. The summed E-state index contributed by atoms with van der Waals surface area (Å²) >= 11 is 0. The second kappa shape index (κ2) is 16.1. The Kier molecular flexibility index (Phi) is 11.4. The van der Waals surface area contributed by atoms with E-state index in [-0.39, 0.29) is 35.3 Å². The van der Waals surface area contributed by atoms with Gasteiger partial charge in [-0.05, 0) is 71.7 Å². The van der Waals surface area contributed by atoms with Crippen molar-refractivity contribution < 1.29 is 27.5 Å². The molecule has 2 fully saturated rings. The Morgan fingerprint density at radius 3 is 2.17 bits per heavy atom. The number of carbonyl (C=O) groups excluding carboxylic acids is 3. The minimum atomic E-state index is -2.91. The first kappa shape index (κ1) is 36.8. The Hall–Kier alpha value is -5.01. The Labute approximate surface area is 304 Å². The molecule has 3 aromatic carbocycles. The maximum atomic E-state index is 13.6. The maximum Gasteiger partial charge on any atom is 0.407 e. The second-order valence-corrected chi connectivity index (χ2v) is 16.2. The number of ether oxygens (including phenoxy) is 1. The first-order valence-corrected chi connectivity index (χ1v) is 19.5. The number of benzene rings is 3. The number of nitrogens with one attached hydrogen (secondary N) is 3. The molecule has 1 aromatic heterocycles. The number of hydrogen-bond acceptors (Lipinski definition) is 8. The van der Waals surface area contributed by atoms with Gasteiger partial charge in [-0.25, -0.2) is 18.2 Å². The van der Waals surface area contributed by atoms with Crippen LogP contribution in [0.25, 0.3) is 22.4 Å². The van der Waals surface area contributed by atoms with E-state index in [4.69, 9.17) is 4.74 Å². The zero-order valence-corrected chi connectivity index (χ0v) is 30.6. The summed E-state index contributed by atoms with van der Waals surface area (Å²) in [7, 11) is -1.62. The van der Waals surface area contributed by atoms with Crippen molar-refractivity contribution in [2.24, 2.45) is 5.92 Å². The third-order valence-electron chi connectivity index (χ3n) is 9.66. The molecule has 13 heteroatoms. The van der Waals surface area contributed by atoms with Gasteiger partial charge in [-0.1, -0.05) is 62.4 Å². The molecule has 2 aliphatic heterocycles. The molecule has 0 aliphatic carbocycles. The van der Waals surface area contributed by atoms with E-state index in [0.29, 0.717) is 49.7 Å². The SMILES string of the molecule is COC(=O)N[C@@H](CC(C)C)C(=O)N1CCC[C@H]1c1ncc(-c2ccc(-c3ccc(C(=O)Nc4ccc(CN5CCS(=O)(=O)CC5)cc4)cc3)cc2)[nH]1. The Balaban J connectivity index is 1.05. The number of carbonyl (C=O) groups is 3. The number of hydrogen-bond donors (Lipinski definition) is 3. The predicted molar refractivity (Wildman–Crippen MR) is 200 cm³/mol. The molecule has 2 saturated heterocycles. The van der Waals surface area contributed by atoms with Crippen molar-refractivity contribution >= 4 is 33.4 Å². The summed E-state index contributed by atoms with van der Waals surface area (Å²) in [5, 5.41) is 5.67. The van der Waals surface area contributed by atoms with Crippen molar-refractivity contribution in [2.75, 3.05) is 43.6 Å². The lowest BCUT2D eigenvalue weighted by Crippen LogP contribution is -2.49. The van der Waals surface area contributed by atoms with Crippen LogP contribution in [-0.2, 0) is 25.9 Å². The number of aromatic amines is 1. The summed E-state index contributed by atoms with van der Waals surface area (Å²) in [6.07, 6.45) is 3.30. The maximum absolute atomic E-state index is 13.6. The van der Waals surface area contributed by atoms with E-state index in [9.17, 15) is 22.8 Å². The number of amides is 3. The zero-order valence-electron chi connectivity index (χ0n) is 29.8. The molecule has 274 valence electrons. The number of rotatable bonds is 11. The van der Waals surface area contributed by atoms with E-state index in [1.807, 2.05) is 79.4 Å². The van der Waals surface area contributed by atoms with E-state index >= 15 is 0 Å². The Morgan fingerprint density at radius 2 is 1.54 bits per heavy atom. The molecule has 12 nitrogen and oxygen atoms in total. The smallest absolute Gasteiger partial charge is 0.407 e. The van der Waals surface area contributed by atoms with E-state index in [1.54, 1.807) is 18.3 Å². The van der Waals surface area contributed by atoms with Gasteiger partial charge in [0.2, 0.25) is 5.91 Å². The molecule has 0 bridgehead atoms. The average molecular weight is 727 g/mol. The lowest BCUT2D eigenvalue weighted by molar-refractivity contribution is -0.134. The lowest BCUT2D eigenvalue weighted by Gasteiger charge is -2.29. The molecule has 0 unspecified atom stereocenters. The first-order chi connectivity index (χ1) is 25.0. The molecule has 6 rings (SSSR count). The summed E-state index contributed by atoms with van der Waals surface area (Å²) in [5.74, 6) is 0.984. The van der Waals surface area contributed by atoms with Crippen molar-refractivity contribution in [1.82, 2.24) is 25.1 Å². The topological polar surface area (TPSA) is 154 Å². The van der Waals surface area contributed by atoms with Crippen LogP contribution < -0.4 is 10.6 Å². The van der Waals surface area contributed by atoms with Gasteiger partial charge in [0.15, 0.2) is 9.84 Å². The number of aromatic nitrogens is 2. The molecule has 3 N–H and O–H groups in total. The molecule has 2 atom stereocenters. The summed E-state index contributed by atoms with van der Waals surface area (Å²) in [4.78, 5) is 50.5. The van der Waals surface area contributed by atoms with Crippen molar-refractivity contribution in [3.63, 3.8) is 0 Å². The van der Waals surface area contributed by atoms with Gasteiger partial charge in [-0.3, -0.25) is 14.5 Å². The molecule has 4 aromatic rings. The van der Waals surface area contributed by atoms with Crippen LogP contribution in [-0.4, -0.2) is 90.4 Å². The Morgan fingerprint density at radius 1 is 0.904 bits per heavy atom. The molecule has 0 radical (unpaired) electrons. The quantitative estimate of drug-likeness (QED) is 0.179. The van der Waals surface area contributed by atoms with Gasteiger partial charge in [0.05, 0.1) is 36.5 Å². The van der Waals surface area contributed by atoms with E-state index in [1.165, 1.54) is 7.11 Å². The summed E-state index contributed by atoms with van der Waals surface area (Å²) < 4.78 is 28.1. The number of sulfone groups is 1.